The predicted octanol–water partition coefficient (Wildman–Crippen LogP) is 7.84. The van der Waals surface area contributed by atoms with Gasteiger partial charge in [-0.2, -0.15) is 4.58 Å². The van der Waals surface area contributed by atoms with Crippen LogP contribution in [0.5, 0.6) is 0 Å². The molecule has 3 aromatic rings. The number of carbonyl (C=O) groups is 1. The molecule has 0 radical (unpaired) electrons. The maximum absolute atomic E-state index is 13.6. The molecule has 1 N–H and O–H groups in total. The zero-order chi connectivity index (χ0) is 25.1. The number of ketones is 1. The van der Waals surface area contributed by atoms with E-state index >= 15 is 0 Å². The van der Waals surface area contributed by atoms with E-state index in [0.29, 0.717) is 11.1 Å². The average molecular weight is 482 g/mol. The van der Waals surface area contributed by atoms with Gasteiger partial charge in [-0.3, -0.25) is 4.79 Å². The third-order valence-electron chi connectivity index (χ3n) is 7.55. The van der Waals surface area contributed by atoms with Gasteiger partial charge in [0, 0.05) is 41.7 Å². The van der Waals surface area contributed by atoms with Crippen LogP contribution in [0.3, 0.4) is 0 Å². The van der Waals surface area contributed by atoms with Crippen LogP contribution in [0.15, 0.2) is 66.1 Å². The highest BCUT2D eigenvalue weighted by Crippen LogP contribution is 2.45. The number of hydrogen-bond donors (Lipinski definition) is 1. The lowest BCUT2D eigenvalue weighted by Gasteiger charge is -2.22. The molecule has 0 atom stereocenters. The fourth-order valence-corrected chi connectivity index (χ4v) is 5.58. The molecule has 2 aromatic carbocycles. The molecule has 2 heterocycles. The second-order valence-corrected chi connectivity index (χ2v) is 10.1. The molecule has 2 aliphatic rings. The van der Waals surface area contributed by atoms with Gasteiger partial charge >= 0.3 is 0 Å². The SMILES string of the molecule is CCCCCCn1cc(C2=C(O)C(=C3C=[N+](CCCCCC)c4ccccc43)C2=O)c2ccccc21. The number of para-hydroxylation sites is 2. The second-order valence-electron chi connectivity index (χ2n) is 10.1. The van der Waals surface area contributed by atoms with Crippen LogP contribution in [0.2, 0.25) is 0 Å². The van der Waals surface area contributed by atoms with E-state index in [0.717, 1.165) is 59.2 Å². The summed E-state index contributed by atoms with van der Waals surface area (Å²) in [5.74, 6) is 0.0676. The Labute approximate surface area is 214 Å². The van der Waals surface area contributed by atoms with Crippen LogP contribution >= 0.6 is 0 Å². The van der Waals surface area contributed by atoms with Crippen LogP contribution in [-0.2, 0) is 11.3 Å². The van der Waals surface area contributed by atoms with E-state index in [9.17, 15) is 9.90 Å². The Morgan fingerprint density at radius 3 is 2.31 bits per heavy atom. The molecule has 1 aliphatic heterocycles. The Bertz CT molecular complexity index is 1390. The number of rotatable bonds is 11. The Balaban J connectivity index is 1.51. The van der Waals surface area contributed by atoms with Crippen molar-refractivity contribution >= 4 is 39.7 Å². The highest BCUT2D eigenvalue weighted by molar-refractivity contribution is 6.45. The van der Waals surface area contributed by atoms with E-state index < -0.39 is 0 Å². The van der Waals surface area contributed by atoms with Crippen molar-refractivity contribution in [2.24, 2.45) is 0 Å². The van der Waals surface area contributed by atoms with E-state index in [-0.39, 0.29) is 11.5 Å². The number of hydrogen-bond acceptors (Lipinski definition) is 2. The molecule has 4 heteroatoms. The maximum Gasteiger partial charge on any atom is 0.213 e. The van der Waals surface area contributed by atoms with Gasteiger partial charge < -0.3 is 9.67 Å². The van der Waals surface area contributed by atoms with Gasteiger partial charge in [-0.05, 0) is 25.0 Å². The first-order valence-electron chi connectivity index (χ1n) is 13.7. The minimum absolute atomic E-state index is 0.0599. The number of benzene rings is 2. The van der Waals surface area contributed by atoms with E-state index in [4.69, 9.17) is 0 Å². The van der Waals surface area contributed by atoms with Crippen molar-refractivity contribution in [1.82, 2.24) is 4.57 Å². The molecule has 186 valence electrons. The number of aryl methyl sites for hydroxylation is 1. The van der Waals surface area contributed by atoms with Crippen molar-refractivity contribution in [3.05, 3.63) is 77.2 Å². The van der Waals surface area contributed by atoms with Crippen molar-refractivity contribution in [1.29, 1.82) is 0 Å². The first kappa shape index (κ1) is 24.3. The van der Waals surface area contributed by atoms with E-state index in [2.05, 4.69) is 59.7 Å². The minimum atomic E-state index is -0.0599. The second kappa shape index (κ2) is 10.7. The summed E-state index contributed by atoms with van der Waals surface area (Å²) in [7, 11) is 0. The number of unbranched alkanes of at least 4 members (excludes halogenated alkanes) is 6. The first-order chi connectivity index (χ1) is 17.7. The zero-order valence-electron chi connectivity index (χ0n) is 21.6. The fraction of sp³-hybridized carbons (Fsp3) is 0.375. The van der Waals surface area contributed by atoms with Gasteiger partial charge in [0.2, 0.25) is 11.5 Å². The molecule has 36 heavy (non-hydrogen) atoms. The number of allylic oxidation sites excluding steroid dienone is 3. The van der Waals surface area contributed by atoms with Crippen LogP contribution in [-0.4, -0.2) is 32.8 Å². The summed E-state index contributed by atoms with van der Waals surface area (Å²) in [5.41, 5.74) is 5.86. The lowest BCUT2D eigenvalue weighted by molar-refractivity contribution is -0.432. The van der Waals surface area contributed by atoms with Crippen molar-refractivity contribution in [2.45, 2.75) is 71.8 Å². The van der Waals surface area contributed by atoms with Gasteiger partial charge in [0.15, 0.2) is 6.21 Å². The predicted molar refractivity (Wildman–Crippen MR) is 149 cm³/mol. The lowest BCUT2D eigenvalue weighted by atomic mass is 9.80. The number of aliphatic hydroxyl groups excluding tert-OH is 1. The molecule has 0 saturated heterocycles. The Hall–Kier alpha value is -3.40. The summed E-state index contributed by atoms with van der Waals surface area (Å²) in [6.07, 6.45) is 13.6. The number of carbonyl (C=O) groups excluding carboxylic acids is 1. The molecule has 0 saturated carbocycles. The smallest absolute Gasteiger partial charge is 0.213 e. The standard InChI is InChI=1S/C32H36N2O2/c1-3-5-7-13-19-33-21-25(23-15-9-11-17-27(23)33)29-31(35)30(32(29)36)26-22-34(20-14-8-6-4-2)28-18-12-10-16-24(26)28/h9-12,15-18,21-22H,3-8,13-14,19-20H2,1-2H3/p+1. The van der Waals surface area contributed by atoms with E-state index in [1.165, 1.54) is 38.5 Å². The van der Waals surface area contributed by atoms with Crippen LogP contribution in [0.25, 0.3) is 22.0 Å². The fourth-order valence-electron chi connectivity index (χ4n) is 5.58. The topological polar surface area (TPSA) is 45.2 Å². The highest BCUT2D eigenvalue weighted by Gasteiger charge is 2.41. The number of fused-ring (bicyclic) bond motifs is 2. The largest absolute Gasteiger partial charge is 0.506 e. The van der Waals surface area contributed by atoms with Crippen LogP contribution in [0.4, 0.5) is 5.69 Å². The molecule has 0 unspecified atom stereocenters. The van der Waals surface area contributed by atoms with Crippen molar-refractivity contribution in [3.63, 3.8) is 0 Å². The quantitative estimate of drug-likeness (QED) is 0.172. The molecule has 0 bridgehead atoms. The Morgan fingerprint density at radius 2 is 1.53 bits per heavy atom. The molecule has 1 aromatic heterocycles. The van der Waals surface area contributed by atoms with Gasteiger partial charge in [0.05, 0.1) is 22.3 Å². The van der Waals surface area contributed by atoms with Crippen LogP contribution in [0.1, 0.15) is 76.3 Å². The van der Waals surface area contributed by atoms with E-state index in [1.807, 2.05) is 24.3 Å². The normalized spacial score (nSPS) is 17.1. The summed E-state index contributed by atoms with van der Waals surface area (Å²) >= 11 is 0. The molecular formula is C32H37N2O2+. The number of nitrogens with zero attached hydrogens (tertiary/aromatic N) is 2. The van der Waals surface area contributed by atoms with Gasteiger partial charge in [0.25, 0.3) is 0 Å². The van der Waals surface area contributed by atoms with E-state index in [1.54, 1.807) is 0 Å². The molecule has 0 amide bonds. The monoisotopic (exact) mass is 481 g/mol. The van der Waals surface area contributed by atoms with Crippen molar-refractivity contribution < 1.29 is 14.5 Å². The van der Waals surface area contributed by atoms with Gasteiger partial charge in [0.1, 0.15) is 12.3 Å². The van der Waals surface area contributed by atoms with Crippen molar-refractivity contribution in [2.75, 3.05) is 6.54 Å². The number of Topliss-reactive ketones (excluding diaryl/α,β-unsaturated/α-hetero) is 1. The molecule has 1 aliphatic carbocycles. The highest BCUT2D eigenvalue weighted by atomic mass is 16.3. The third-order valence-corrected chi connectivity index (χ3v) is 7.55. The summed E-state index contributed by atoms with van der Waals surface area (Å²) < 4.78 is 4.49. The molecular weight excluding hydrogens is 444 g/mol. The third kappa shape index (κ3) is 4.34. The molecule has 0 fully saturated rings. The van der Waals surface area contributed by atoms with Crippen LogP contribution < -0.4 is 0 Å². The van der Waals surface area contributed by atoms with Gasteiger partial charge in [-0.25, -0.2) is 0 Å². The minimum Gasteiger partial charge on any atom is -0.506 e. The zero-order valence-corrected chi connectivity index (χ0v) is 21.6. The summed E-state index contributed by atoms with van der Waals surface area (Å²) in [6, 6.07) is 16.4. The molecule has 0 spiro atoms. The molecule has 4 nitrogen and oxygen atoms in total. The lowest BCUT2D eigenvalue weighted by Crippen LogP contribution is -2.23. The Morgan fingerprint density at radius 1 is 0.806 bits per heavy atom. The summed E-state index contributed by atoms with van der Waals surface area (Å²) in [4.78, 5) is 13.6. The summed E-state index contributed by atoms with van der Waals surface area (Å²) in [5, 5.41) is 12.3. The average Bonchev–Trinajstić information content (AvgIpc) is 3.43. The Kier molecular flexibility index (Phi) is 7.22. The summed E-state index contributed by atoms with van der Waals surface area (Å²) in [6.45, 7) is 6.28. The molecule has 5 rings (SSSR count). The van der Waals surface area contributed by atoms with Gasteiger partial charge in [-0.1, -0.05) is 76.3 Å². The maximum atomic E-state index is 13.6. The number of aromatic nitrogens is 1. The first-order valence-corrected chi connectivity index (χ1v) is 13.7. The van der Waals surface area contributed by atoms with Gasteiger partial charge in [-0.15, -0.1) is 0 Å². The number of aliphatic hydroxyl groups is 1. The van der Waals surface area contributed by atoms with Crippen LogP contribution in [0, 0.1) is 0 Å². The van der Waals surface area contributed by atoms with Crippen molar-refractivity contribution in [3.8, 4) is 0 Å².